The van der Waals surface area contributed by atoms with Gasteiger partial charge in [0, 0.05) is 41.3 Å². The maximum Gasteiger partial charge on any atom is 0.0445 e. The Morgan fingerprint density at radius 1 is 1.26 bits per heavy atom. The molecule has 3 nitrogen and oxygen atoms in total. The van der Waals surface area contributed by atoms with E-state index in [1.165, 1.54) is 23.2 Å². The van der Waals surface area contributed by atoms with Crippen molar-refractivity contribution < 1.29 is 0 Å². The van der Waals surface area contributed by atoms with Crippen LogP contribution in [0.3, 0.4) is 0 Å². The summed E-state index contributed by atoms with van der Waals surface area (Å²) in [7, 11) is 0. The summed E-state index contributed by atoms with van der Waals surface area (Å²) in [6.45, 7) is 1.95. The number of pyridine rings is 1. The lowest BCUT2D eigenvalue weighted by molar-refractivity contribution is 0.690. The third-order valence-corrected chi connectivity index (χ3v) is 3.89. The molecule has 0 bridgehead atoms. The fourth-order valence-electron chi connectivity index (χ4n) is 2.59. The normalized spacial score (nSPS) is 14.3. The largest absolute Gasteiger partial charge is 0.399 e. The maximum atomic E-state index is 5.92. The highest BCUT2D eigenvalue weighted by atomic mass is 79.9. The Hall–Kier alpha value is -1.55. The predicted octanol–water partition coefficient (Wildman–Crippen LogP) is 3.38. The SMILES string of the molecule is Nc1ccc2c(c1)N(Cc1cncc(Br)c1)CCC2. The van der Waals surface area contributed by atoms with E-state index in [0.29, 0.717) is 0 Å². The molecule has 4 heteroatoms. The third-order valence-electron chi connectivity index (χ3n) is 3.46. The van der Waals surface area contributed by atoms with Crippen LogP contribution in [0.25, 0.3) is 0 Å². The number of rotatable bonds is 2. The first-order chi connectivity index (χ1) is 9.22. The first-order valence-corrected chi connectivity index (χ1v) is 7.24. The van der Waals surface area contributed by atoms with Gasteiger partial charge in [0.1, 0.15) is 0 Å². The summed E-state index contributed by atoms with van der Waals surface area (Å²) in [6, 6.07) is 8.34. The molecule has 0 aliphatic carbocycles. The molecule has 2 aromatic rings. The van der Waals surface area contributed by atoms with Crippen molar-refractivity contribution in [3.05, 3.63) is 52.3 Å². The summed E-state index contributed by atoms with van der Waals surface area (Å²) in [5.41, 5.74) is 10.6. The Balaban J connectivity index is 1.89. The molecule has 0 amide bonds. The lowest BCUT2D eigenvalue weighted by Crippen LogP contribution is -2.28. The number of benzene rings is 1. The van der Waals surface area contributed by atoms with E-state index in [0.717, 1.165) is 29.7 Å². The van der Waals surface area contributed by atoms with Crippen LogP contribution in [0.1, 0.15) is 17.5 Å². The van der Waals surface area contributed by atoms with Crippen LogP contribution in [-0.4, -0.2) is 11.5 Å². The molecule has 0 radical (unpaired) electrons. The van der Waals surface area contributed by atoms with Gasteiger partial charge in [-0.2, -0.15) is 0 Å². The second-order valence-electron chi connectivity index (χ2n) is 4.92. The van der Waals surface area contributed by atoms with E-state index in [-0.39, 0.29) is 0 Å². The van der Waals surface area contributed by atoms with Gasteiger partial charge in [0.25, 0.3) is 0 Å². The zero-order valence-electron chi connectivity index (χ0n) is 10.6. The summed E-state index contributed by atoms with van der Waals surface area (Å²) >= 11 is 3.47. The lowest BCUT2D eigenvalue weighted by atomic mass is 10.0. The van der Waals surface area contributed by atoms with Gasteiger partial charge >= 0.3 is 0 Å². The quantitative estimate of drug-likeness (QED) is 0.863. The number of aryl methyl sites for hydroxylation is 1. The summed E-state index contributed by atoms with van der Waals surface area (Å²) in [5, 5.41) is 0. The Bertz CT molecular complexity index is 598. The van der Waals surface area contributed by atoms with Crippen molar-refractivity contribution in [3.63, 3.8) is 0 Å². The molecular formula is C15H16BrN3. The summed E-state index contributed by atoms with van der Waals surface area (Å²) in [4.78, 5) is 6.61. The fraction of sp³-hybridized carbons (Fsp3) is 0.267. The molecule has 1 aromatic carbocycles. The molecule has 1 aromatic heterocycles. The first-order valence-electron chi connectivity index (χ1n) is 6.45. The molecule has 98 valence electrons. The van der Waals surface area contributed by atoms with Gasteiger partial charge in [0.15, 0.2) is 0 Å². The Labute approximate surface area is 121 Å². The van der Waals surface area contributed by atoms with Crippen molar-refractivity contribution in [3.8, 4) is 0 Å². The number of nitrogens with zero attached hydrogens (tertiary/aromatic N) is 2. The van der Waals surface area contributed by atoms with Gasteiger partial charge in [-0.25, -0.2) is 0 Å². The fourth-order valence-corrected chi connectivity index (χ4v) is 3.01. The molecule has 2 N–H and O–H groups in total. The number of fused-ring (bicyclic) bond motifs is 1. The molecule has 0 saturated carbocycles. The van der Waals surface area contributed by atoms with Gasteiger partial charge in [-0.05, 0) is 58.1 Å². The molecule has 0 saturated heterocycles. The number of aromatic nitrogens is 1. The van der Waals surface area contributed by atoms with Crippen LogP contribution < -0.4 is 10.6 Å². The van der Waals surface area contributed by atoms with E-state index in [2.05, 4.69) is 44.0 Å². The highest BCUT2D eigenvalue weighted by molar-refractivity contribution is 9.10. The van der Waals surface area contributed by atoms with E-state index in [1.807, 2.05) is 18.5 Å². The molecule has 0 fully saturated rings. The summed E-state index contributed by atoms with van der Waals surface area (Å²) < 4.78 is 1.02. The van der Waals surface area contributed by atoms with Gasteiger partial charge in [-0.1, -0.05) is 6.07 Å². The minimum atomic E-state index is 0.831. The van der Waals surface area contributed by atoms with Crippen molar-refractivity contribution >= 4 is 27.3 Å². The smallest absolute Gasteiger partial charge is 0.0445 e. The van der Waals surface area contributed by atoms with E-state index in [9.17, 15) is 0 Å². The van der Waals surface area contributed by atoms with Crippen molar-refractivity contribution in [1.29, 1.82) is 0 Å². The van der Waals surface area contributed by atoms with Gasteiger partial charge in [-0.3, -0.25) is 4.98 Å². The second-order valence-corrected chi connectivity index (χ2v) is 5.84. The van der Waals surface area contributed by atoms with E-state index in [1.54, 1.807) is 0 Å². The van der Waals surface area contributed by atoms with Gasteiger partial charge in [0.2, 0.25) is 0 Å². The van der Waals surface area contributed by atoms with Crippen LogP contribution in [-0.2, 0) is 13.0 Å². The minimum absolute atomic E-state index is 0.831. The molecule has 0 unspecified atom stereocenters. The summed E-state index contributed by atoms with van der Waals surface area (Å²) in [6.07, 6.45) is 6.07. The highest BCUT2D eigenvalue weighted by Crippen LogP contribution is 2.30. The lowest BCUT2D eigenvalue weighted by Gasteiger charge is -2.31. The van der Waals surface area contributed by atoms with E-state index >= 15 is 0 Å². The third kappa shape index (κ3) is 2.73. The molecule has 3 rings (SSSR count). The van der Waals surface area contributed by atoms with Crippen LogP contribution in [0.15, 0.2) is 41.1 Å². The molecular weight excluding hydrogens is 302 g/mol. The number of hydrogen-bond donors (Lipinski definition) is 1. The predicted molar refractivity (Wildman–Crippen MR) is 82.2 cm³/mol. The second kappa shape index (κ2) is 5.21. The van der Waals surface area contributed by atoms with Crippen LogP contribution >= 0.6 is 15.9 Å². The monoisotopic (exact) mass is 317 g/mol. The van der Waals surface area contributed by atoms with Crippen LogP contribution in [0.4, 0.5) is 11.4 Å². The molecule has 2 heterocycles. The average Bonchev–Trinajstić information content (AvgIpc) is 2.39. The van der Waals surface area contributed by atoms with Crippen LogP contribution in [0.5, 0.6) is 0 Å². The zero-order chi connectivity index (χ0) is 13.2. The number of hydrogen-bond acceptors (Lipinski definition) is 3. The molecule has 0 atom stereocenters. The van der Waals surface area contributed by atoms with E-state index in [4.69, 9.17) is 5.73 Å². The van der Waals surface area contributed by atoms with Crippen molar-refractivity contribution in [2.24, 2.45) is 0 Å². The Morgan fingerprint density at radius 3 is 3.00 bits per heavy atom. The zero-order valence-corrected chi connectivity index (χ0v) is 12.2. The van der Waals surface area contributed by atoms with Crippen molar-refractivity contribution in [2.75, 3.05) is 17.2 Å². The summed E-state index contributed by atoms with van der Waals surface area (Å²) in [5.74, 6) is 0. The average molecular weight is 318 g/mol. The Morgan fingerprint density at radius 2 is 2.16 bits per heavy atom. The van der Waals surface area contributed by atoms with Crippen molar-refractivity contribution in [2.45, 2.75) is 19.4 Å². The van der Waals surface area contributed by atoms with Gasteiger partial charge in [0.05, 0.1) is 0 Å². The Kier molecular flexibility index (Phi) is 3.42. The van der Waals surface area contributed by atoms with Crippen LogP contribution in [0.2, 0.25) is 0 Å². The van der Waals surface area contributed by atoms with Crippen LogP contribution in [0, 0.1) is 0 Å². The highest BCUT2D eigenvalue weighted by Gasteiger charge is 2.17. The van der Waals surface area contributed by atoms with Gasteiger partial charge < -0.3 is 10.6 Å². The number of nitrogens with two attached hydrogens (primary N) is 1. The standard InChI is InChI=1S/C15H16BrN3/c16-13-6-11(8-18-9-13)10-19-5-1-2-12-3-4-14(17)7-15(12)19/h3-4,6-9H,1-2,5,10,17H2. The molecule has 0 spiro atoms. The minimum Gasteiger partial charge on any atom is -0.399 e. The van der Waals surface area contributed by atoms with Gasteiger partial charge in [-0.15, -0.1) is 0 Å². The first kappa shape index (κ1) is 12.5. The van der Waals surface area contributed by atoms with Crippen molar-refractivity contribution in [1.82, 2.24) is 4.98 Å². The molecule has 19 heavy (non-hydrogen) atoms. The number of nitrogen functional groups attached to an aromatic ring is 1. The number of halogens is 1. The molecule has 1 aliphatic heterocycles. The van der Waals surface area contributed by atoms with E-state index < -0.39 is 0 Å². The topological polar surface area (TPSA) is 42.1 Å². The number of anilines is 2. The molecule has 1 aliphatic rings. The maximum absolute atomic E-state index is 5.92.